The Morgan fingerprint density at radius 1 is 1.04 bits per heavy atom. The number of amidine groups is 1. The second-order valence-corrected chi connectivity index (χ2v) is 6.09. The summed E-state index contributed by atoms with van der Waals surface area (Å²) >= 11 is 0. The lowest BCUT2D eigenvalue weighted by Crippen LogP contribution is -2.40. The van der Waals surface area contributed by atoms with Crippen LogP contribution in [-0.2, 0) is 0 Å². The molecule has 2 aromatic carbocycles. The van der Waals surface area contributed by atoms with Crippen LogP contribution in [0.15, 0.2) is 53.5 Å². The Bertz CT molecular complexity index is 728. The van der Waals surface area contributed by atoms with Crippen LogP contribution in [0, 0.1) is 5.92 Å². The molecule has 1 atom stereocenters. The topological polar surface area (TPSA) is 68.1 Å². The lowest BCUT2D eigenvalue weighted by Gasteiger charge is -2.25. The van der Waals surface area contributed by atoms with Crippen molar-refractivity contribution in [3.05, 3.63) is 59.7 Å². The van der Waals surface area contributed by atoms with Gasteiger partial charge in [-0.05, 0) is 24.1 Å². The smallest absolute Gasteiger partial charge is 0.150 e. The van der Waals surface area contributed by atoms with Crippen LogP contribution in [0.25, 0.3) is 0 Å². The number of hydrogen-bond acceptors (Lipinski definition) is 5. The van der Waals surface area contributed by atoms with Crippen LogP contribution in [0.5, 0.6) is 11.5 Å². The zero-order valence-corrected chi connectivity index (χ0v) is 13.3. The summed E-state index contributed by atoms with van der Waals surface area (Å²) in [4.78, 5) is 4.70. The molecule has 0 spiro atoms. The minimum atomic E-state index is -0.326. The van der Waals surface area contributed by atoms with Gasteiger partial charge in [-0.1, -0.05) is 44.2 Å². The molecular formula is C18H21N3O2. The van der Waals surface area contributed by atoms with Crippen molar-refractivity contribution in [2.75, 3.05) is 6.54 Å². The number of hydrogen-bond donors (Lipinski definition) is 3. The van der Waals surface area contributed by atoms with Gasteiger partial charge in [-0.25, -0.2) is 4.99 Å². The highest BCUT2D eigenvalue weighted by Gasteiger charge is 2.31. The molecule has 0 aliphatic carbocycles. The zero-order chi connectivity index (χ0) is 16.4. The fraction of sp³-hybridized carbons (Fsp3) is 0.278. The molecule has 1 aliphatic heterocycles. The Morgan fingerprint density at radius 3 is 2.35 bits per heavy atom. The lowest BCUT2D eigenvalue weighted by atomic mass is 10.1. The van der Waals surface area contributed by atoms with E-state index in [4.69, 9.17) is 4.99 Å². The lowest BCUT2D eigenvalue weighted by molar-refractivity contribution is 0.166. The van der Waals surface area contributed by atoms with E-state index >= 15 is 0 Å². The van der Waals surface area contributed by atoms with Crippen molar-refractivity contribution in [1.29, 1.82) is 0 Å². The summed E-state index contributed by atoms with van der Waals surface area (Å²) in [5.41, 5.74) is 4.66. The fourth-order valence-electron chi connectivity index (χ4n) is 2.70. The van der Waals surface area contributed by atoms with E-state index in [0.717, 1.165) is 12.1 Å². The fourth-order valence-corrected chi connectivity index (χ4v) is 2.70. The SMILES string of the molecule is CC(C)CN1NC(c2ccccc2O)=NC1c1ccccc1O. The monoisotopic (exact) mass is 311 g/mol. The van der Waals surface area contributed by atoms with E-state index in [2.05, 4.69) is 19.3 Å². The van der Waals surface area contributed by atoms with Crippen molar-refractivity contribution in [2.24, 2.45) is 10.9 Å². The highest BCUT2D eigenvalue weighted by molar-refractivity contribution is 6.01. The first kappa shape index (κ1) is 15.4. The average Bonchev–Trinajstić information content (AvgIpc) is 2.91. The van der Waals surface area contributed by atoms with Crippen molar-refractivity contribution in [3.63, 3.8) is 0 Å². The van der Waals surface area contributed by atoms with E-state index in [1.165, 1.54) is 0 Å². The van der Waals surface area contributed by atoms with Gasteiger partial charge >= 0.3 is 0 Å². The third kappa shape index (κ3) is 3.14. The molecule has 2 aromatic rings. The van der Waals surface area contributed by atoms with Gasteiger partial charge in [0, 0.05) is 12.1 Å². The number of nitrogens with zero attached hydrogens (tertiary/aromatic N) is 2. The zero-order valence-electron chi connectivity index (χ0n) is 13.3. The third-order valence-electron chi connectivity index (χ3n) is 3.73. The molecule has 0 aromatic heterocycles. The predicted molar refractivity (Wildman–Crippen MR) is 90.2 cm³/mol. The summed E-state index contributed by atoms with van der Waals surface area (Å²) < 4.78 is 0. The Morgan fingerprint density at radius 2 is 1.70 bits per heavy atom. The molecule has 1 heterocycles. The van der Waals surface area contributed by atoms with Gasteiger partial charge in [0.1, 0.15) is 17.3 Å². The van der Waals surface area contributed by atoms with Crippen molar-refractivity contribution < 1.29 is 10.2 Å². The molecule has 23 heavy (non-hydrogen) atoms. The standard InChI is InChI=1S/C18H21N3O2/c1-12(2)11-21-18(14-8-4-6-10-16(14)23)19-17(20-21)13-7-3-5-9-15(13)22/h3-10,12,18,22-23H,11H2,1-2H3,(H,19,20). The summed E-state index contributed by atoms with van der Waals surface area (Å²) in [7, 11) is 0. The number of para-hydroxylation sites is 2. The molecule has 5 heteroatoms. The van der Waals surface area contributed by atoms with Gasteiger partial charge in [0.25, 0.3) is 0 Å². The number of aliphatic imine (C=N–C) groups is 1. The van der Waals surface area contributed by atoms with Gasteiger partial charge in [0.2, 0.25) is 0 Å². The van der Waals surface area contributed by atoms with Crippen LogP contribution >= 0.6 is 0 Å². The number of hydrazine groups is 1. The first-order valence-corrected chi connectivity index (χ1v) is 7.73. The van der Waals surface area contributed by atoms with Gasteiger partial charge in [0.15, 0.2) is 6.17 Å². The molecule has 120 valence electrons. The molecular weight excluding hydrogens is 290 g/mol. The highest BCUT2D eigenvalue weighted by atomic mass is 16.3. The van der Waals surface area contributed by atoms with Crippen molar-refractivity contribution in [1.82, 2.24) is 10.4 Å². The summed E-state index contributed by atoms with van der Waals surface area (Å²) in [6.07, 6.45) is -0.326. The van der Waals surface area contributed by atoms with Gasteiger partial charge in [-0.15, -0.1) is 0 Å². The molecule has 0 fully saturated rings. The molecule has 0 saturated heterocycles. The van der Waals surface area contributed by atoms with Gasteiger partial charge in [0.05, 0.1) is 5.56 Å². The first-order valence-electron chi connectivity index (χ1n) is 7.73. The van der Waals surface area contributed by atoms with E-state index in [1.54, 1.807) is 24.3 Å². The highest BCUT2D eigenvalue weighted by Crippen LogP contribution is 2.33. The van der Waals surface area contributed by atoms with Gasteiger partial charge in [-0.3, -0.25) is 0 Å². The molecule has 1 aliphatic rings. The maximum atomic E-state index is 10.2. The predicted octanol–water partition coefficient (Wildman–Crippen LogP) is 3.02. The van der Waals surface area contributed by atoms with Crippen LogP contribution in [0.3, 0.4) is 0 Å². The summed E-state index contributed by atoms with van der Waals surface area (Å²) in [5, 5.41) is 22.2. The van der Waals surface area contributed by atoms with Crippen molar-refractivity contribution in [3.8, 4) is 11.5 Å². The maximum Gasteiger partial charge on any atom is 0.150 e. The number of phenolic OH excluding ortho intramolecular Hbond substituents is 2. The third-order valence-corrected chi connectivity index (χ3v) is 3.73. The van der Waals surface area contributed by atoms with E-state index in [9.17, 15) is 10.2 Å². The van der Waals surface area contributed by atoms with Gasteiger partial charge in [-0.2, -0.15) is 5.01 Å². The van der Waals surface area contributed by atoms with Crippen molar-refractivity contribution in [2.45, 2.75) is 20.0 Å². The largest absolute Gasteiger partial charge is 0.508 e. The minimum absolute atomic E-state index is 0.182. The Kier molecular flexibility index (Phi) is 4.21. The number of nitrogens with one attached hydrogen (secondary N) is 1. The number of rotatable bonds is 4. The van der Waals surface area contributed by atoms with E-state index in [-0.39, 0.29) is 17.7 Å². The van der Waals surface area contributed by atoms with Crippen LogP contribution in [0.4, 0.5) is 0 Å². The van der Waals surface area contributed by atoms with Crippen LogP contribution in [0.1, 0.15) is 31.1 Å². The first-order chi connectivity index (χ1) is 11.1. The molecule has 0 bridgehead atoms. The molecule has 0 radical (unpaired) electrons. The Hall–Kier alpha value is -2.53. The Balaban J connectivity index is 1.99. The summed E-state index contributed by atoms with van der Waals surface area (Å²) in [5.74, 6) is 1.43. The van der Waals surface area contributed by atoms with E-state index in [1.807, 2.05) is 29.3 Å². The molecule has 3 N–H and O–H groups in total. The maximum absolute atomic E-state index is 10.2. The number of phenols is 2. The second-order valence-electron chi connectivity index (χ2n) is 6.09. The normalized spacial score (nSPS) is 18.0. The summed E-state index contributed by atoms with van der Waals surface area (Å²) in [6.45, 7) is 5.02. The molecule has 3 rings (SSSR count). The minimum Gasteiger partial charge on any atom is -0.508 e. The molecule has 0 amide bonds. The van der Waals surface area contributed by atoms with Crippen LogP contribution < -0.4 is 5.43 Å². The quantitative estimate of drug-likeness (QED) is 0.812. The number of aromatic hydroxyl groups is 2. The van der Waals surface area contributed by atoms with E-state index in [0.29, 0.717) is 17.3 Å². The van der Waals surface area contributed by atoms with Gasteiger partial charge < -0.3 is 15.6 Å². The average molecular weight is 311 g/mol. The molecule has 1 unspecified atom stereocenters. The number of benzene rings is 2. The summed E-state index contributed by atoms with van der Waals surface area (Å²) in [6, 6.07) is 14.3. The molecule has 0 saturated carbocycles. The second kappa shape index (κ2) is 6.30. The van der Waals surface area contributed by atoms with E-state index < -0.39 is 0 Å². The Labute approximate surface area is 135 Å². The molecule has 5 nitrogen and oxygen atoms in total. The van der Waals surface area contributed by atoms with Crippen LogP contribution in [-0.4, -0.2) is 27.6 Å². The van der Waals surface area contributed by atoms with Crippen molar-refractivity contribution >= 4 is 5.84 Å². The van der Waals surface area contributed by atoms with Crippen LogP contribution in [0.2, 0.25) is 0 Å².